The summed E-state index contributed by atoms with van der Waals surface area (Å²) in [6.07, 6.45) is 0. The molecule has 0 bridgehead atoms. The van der Waals surface area contributed by atoms with Gasteiger partial charge in [-0.25, -0.2) is 5.26 Å². The first-order valence-corrected chi connectivity index (χ1v) is 4.13. The molecule has 87 valence electrons. The summed E-state index contributed by atoms with van der Waals surface area (Å²) < 4.78 is 0. The molecule has 0 saturated carbocycles. The predicted molar refractivity (Wildman–Crippen MR) is 55.8 cm³/mol. The van der Waals surface area contributed by atoms with Crippen molar-refractivity contribution < 1.29 is 27.6 Å². The quantitative estimate of drug-likeness (QED) is 0.386. The van der Waals surface area contributed by atoms with Gasteiger partial charge in [0.1, 0.15) is 0 Å². The Kier molecular flexibility index (Phi) is 11.0. The number of likely N-dealkylation sites (N-methyl/N-ethyl adjacent to an activating group) is 1. The van der Waals surface area contributed by atoms with Crippen LogP contribution in [-0.2, 0) is 22.3 Å². The van der Waals surface area contributed by atoms with E-state index in [1.807, 2.05) is 49.3 Å². The molecule has 0 amide bonds. The molecule has 15 heavy (non-hydrogen) atoms. The van der Waals surface area contributed by atoms with E-state index in [0.717, 1.165) is 5.56 Å². The maximum absolute atomic E-state index is 9.57. The average Bonchev–Trinajstić information content (AvgIpc) is 2.21. The molecule has 0 unspecified atom stereocenters. The molecule has 0 atom stereocenters. The second-order valence-electron chi connectivity index (χ2n) is 3.05. The van der Waals surface area contributed by atoms with Gasteiger partial charge in [0, 0.05) is 6.54 Å². The Hall–Kier alpha value is -0.711. The Morgan fingerprint density at radius 2 is 1.73 bits per heavy atom. The molecule has 1 N–H and O–H groups in total. The Morgan fingerprint density at radius 1 is 1.27 bits per heavy atom. The van der Waals surface area contributed by atoms with E-state index in [2.05, 4.69) is 0 Å². The third-order valence-electron chi connectivity index (χ3n) is 1.57. The molecule has 1 radical (unpaired) electrons. The van der Waals surface area contributed by atoms with Crippen molar-refractivity contribution in [3.63, 3.8) is 0 Å². The molecule has 0 aliphatic heterocycles. The second kappa shape index (κ2) is 9.83. The molecule has 0 saturated heterocycles. The van der Waals surface area contributed by atoms with E-state index in [0.29, 0.717) is 12.3 Å². The molecule has 1 aromatic rings. The molecule has 0 fully saturated rings. The van der Waals surface area contributed by atoms with Crippen LogP contribution in [0, 0.1) is 0 Å². The van der Waals surface area contributed by atoms with Crippen LogP contribution in [0.2, 0.25) is 0 Å². The fraction of sp³-hybridized carbons (Fsp3) is 0.300. The molecule has 1 rings (SSSR count). The summed E-state index contributed by atoms with van der Waals surface area (Å²) in [7, 11) is 3.86. The molecule has 4 nitrogen and oxygen atoms in total. The van der Waals surface area contributed by atoms with Crippen LogP contribution in [0.25, 0.3) is 5.41 Å². The average molecular weight is 258 g/mol. The zero-order valence-corrected chi connectivity index (χ0v) is 9.59. The van der Waals surface area contributed by atoms with Crippen molar-refractivity contribution in [3.8, 4) is 0 Å². The molecule has 0 heterocycles. The summed E-state index contributed by atoms with van der Waals surface area (Å²) in [5, 5.41) is 22.6. The van der Waals surface area contributed by atoms with E-state index in [9.17, 15) is 5.41 Å². The third-order valence-corrected chi connectivity index (χ3v) is 1.57. The molecule has 0 aliphatic rings. The number of hydrogen-bond acceptors (Lipinski definition) is 2. The second-order valence-corrected chi connectivity index (χ2v) is 3.05. The maximum Gasteiger partial charge on any atom is 1.00 e. The Morgan fingerprint density at radius 3 is 2.13 bits per heavy atom. The number of rotatable bonds is 3. The van der Waals surface area contributed by atoms with Gasteiger partial charge in [-0.3, -0.25) is 0 Å². The van der Waals surface area contributed by atoms with Crippen molar-refractivity contribution in [1.82, 2.24) is 4.90 Å². The normalized spacial score (nSPS) is 8.60. The fourth-order valence-electron chi connectivity index (χ4n) is 1.02. The zero-order valence-electron chi connectivity index (χ0n) is 8.65. The summed E-state index contributed by atoms with van der Waals surface area (Å²) in [4.78, 5) is 1.93. The van der Waals surface area contributed by atoms with Crippen LogP contribution in [0.1, 0.15) is 5.56 Å². The minimum absolute atomic E-state index is 0. The van der Waals surface area contributed by atoms with Gasteiger partial charge in [0.2, 0.25) is 0 Å². The van der Waals surface area contributed by atoms with E-state index in [4.69, 9.17) is 10.5 Å². The summed E-state index contributed by atoms with van der Waals surface area (Å²) in [6, 6.07) is 9.58. The number of hydrogen-bond donors (Lipinski definition) is 1. The van der Waals surface area contributed by atoms with Crippen LogP contribution < -0.4 is 0 Å². The number of benzene rings is 1. The van der Waals surface area contributed by atoms with Gasteiger partial charge in [0.15, 0.2) is 0 Å². The van der Waals surface area contributed by atoms with Gasteiger partial charge in [-0.15, -0.1) is 0 Å². The van der Waals surface area contributed by atoms with Crippen LogP contribution in [0.15, 0.2) is 30.3 Å². The van der Waals surface area contributed by atoms with Gasteiger partial charge >= 0.3 is 17.1 Å². The van der Waals surface area contributed by atoms with Crippen molar-refractivity contribution in [1.29, 1.82) is 0 Å². The Bertz CT molecular complexity index is 265. The van der Waals surface area contributed by atoms with Crippen molar-refractivity contribution in [2.24, 2.45) is 0 Å². The standard InChI is InChI=1S/C10H13N2.Cu.HO2/c1-12(2)8-10(11)9-6-4-3-5-7-9;;1-2/h3-7H,8H2,1-2H3;;1H/q-1;+1;. The van der Waals surface area contributed by atoms with Crippen LogP contribution in [0.3, 0.4) is 0 Å². The first-order chi connectivity index (χ1) is 6.70. The summed E-state index contributed by atoms with van der Waals surface area (Å²) in [5.41, 5.74) is 1.31. The summed E-state index contributed by atoms with van der Waals surface area (Å²) in [5.74, 6) is 0. The Labute approximate surface area is 100 Å². The van der Waals surface area contributed by atoms with Crippen LogP contribution in [0.4, 0.5) is 0 Å². The molecular weight excluding hydrogens is 244 g/mol. The largest absolute Gasteiger partial charge is 1.00 e. The van der Waals surface area contributed by atoms with E-state index >= 15 is 0 Å². The fourth-order valence-corrected chi connectivity index (χ4v) is 1.02. The molecule has 0 aliphatic carbocycles. The van der Waals surface area contributed by atoms with Crippen molar-refractivity contribution in [2.45, 2.75) is 0 Å². The molecule has 5 heteroatoms. The van der Waals surface area contributed by atoms with E-state index in [1.165, 1.54) is 0 Å². The first-order valence-electron chi connectivity index (χ1n) is 4.13. The van der Waals surface area contributed by atoms with Crippen molar-refractivity contribution in [3.05, 3.63) is 41.3 Å². The predicted octanol–water partition coefficient (Wildman–Crippen LogP) is 1.49. The van der Waals surface area contributed by atoms with Gasteiger partial charge in [0.05, 0.1) is 0 Å². The van der Waals surface area contributed by atoms with Gasteiger partial charge in [-0.05, 0) is 24.9 Å². The van der Waals surface area contributed by atoms with Crippen molar-refractivity contribution >= 4 is 5.71 Å². The van der Waals surface area contributed by atoms with E-state index in [-0.39, 0.29) is 17.1 Å². The summed E-state index contributed by atoms with van der Waals surface area (Å²) in [6.45, 7) is 0.587. The third kappa shape index (κ3) is 7.25. The minimum Gasteiger partial charge on any atom is -0.806 e. The van der Waals surface area contributed by atoms with E-state index in [1.54, 1.807) is 0 Å². The van der Waals surface area contributed by atoms with Crippen molar-refractivity contribution in [2.75, 3.05) is 20.6 Å². The minimum atomic E-state index is 0. The topological polar surface area (TPSA) is 65.7 Å². The zero-order chi connectivity index (χ0) is 11.0. The van der Waals surface area contributed by atoms with E-state index < -0.39 is 0 Å². The molecular formula is C10H14CuN2O2. The Balaban J connectivity index is 0. The molecule has 0 spiro atoms. The monoisotopic (exact) mass is 257 g/mol. The van der Waals surface area contributed by atoms with Gasteiger partial charge in [-0.2, -0.15) is 5.71 Å². The molecule has 1 aromatic carbocycles. The number of nitrogens with zero attached hydrogens (tertiary/aromatic N) is 2. The SMILES string of the molecule is CN(C)CC(=[N-])c1ccccc1.[Cu+].[O]O. The van der Waals surface area contributed by atoms with Crippen LogP contribution in [0.5, 0.6) is 0 Å². The first kappa shape index (κ1) is 16.7. The van der Waals surface area contributed by atoms with Gasteiger partial charge < -0.3 is 10.3 Å². The summed E-state index contributed by atoms with van der Waals surface area (Å²) >= 11 is 0. The van der Waals surface area contributed by atoms with Crippen LogP contribution >= 0.6 is 0 Å². The smallest absolute Gasteiger partial charge is 0.806 e. The van der Waals surface area contributed by atoms with Gasteiger partial charge in [-0.1, -0.05) is 30.3 Å². The molecule has 0 aromatic heterocycles. The van der Waals surface area contributed by atoms with Gasteiger partial charge in [0.25, 0.3) is 0 Å². The van der Waals surface area contributed by atoms with Crippen LogP contribution in [-0.4, -0.2) is 36.5 Å². The maximum atomic E-state index is 9.57.